The molecule has 7 heteroatoms. The molecule has 0 aliphatic carbocycles. The molecule has 1 heterocycles. The molecule has 0 fully saturated rings. The lowest BCUT2D eigenvalue weighted by atomic mass is 10.2. The maximum Gasteiger partial charge on any atom is 0.261 e. The number of hydrogen-bond donors (Lipinski definition) is 0. The van der Waals surface area contributed by atoms with Gasteiger partial charge in [-0.1, -0.05) is 17.7 Å². The quantitative estimate of drug-likeness (QED) is 0.341. The van der Waals surface area contributed by atoms with Gasteiger partial charge >= 0.3 is 0 Å². The molecule has 0 radical (unpaired) electrons. The van der Waals surface area contributed by atoms with Crippen LogP contribution in [0.3, 0.4) is 0 Å². The second kappa shape index (κ2) is 6.64. The van der Waals surface area contributed by atoms with Crippen LogP contribution < -0.4 is 4.74 Å². The molecule has 0 amide bonds. The molecule has 4 nitrogen and oxygen atoms in total. The average Bonchev–Trinajstić information content (AvgIpc) is 2.42. The van der Waals surface area contributed by atoms with Gasteiger partial charge in [0.25, 0.3) is 9.05 Å². The lowest BCUT2D eigenvalue weighted by molar-refractivity contribution is 0.315. The SMILES string of the molecule is C=CCCCOc1ccc(S(=O)(=O)Cl)c2ccc(Cl)nc12. The first kappa shape index (κ1) is 16.1. The molecule has 0 aliphatic heterocycles. The molecule has 1 aromatic carbocycles. The van der Waals surface area contributed by atoms with Crippen LogP contribution in [0, 0.1) is 0 Å². The molecule has 2 rings (SSSR count). The van der Waals surface area contributed by atoms with Gasteiger partial charge in [0.2, 0.25) is 0 Å². The molecule has 2 aromatic rings. The summed E-state index contributed by atoms with van der Waals surface area (Å²) in [6, 6.07) is 6.02. The Morgan fingerprint density at radius 2 is 2.05 bits per heavy atom. The molecule has 0 saturated heterocycles. The molecular formula is C14H13Cl2NO3S. The number of halogens is 2. The molecule has 0 saturated carbocycles. The molecule has 112 valence electrons. The van der Waals surface area contributed by atoms with Gasteiger partial charge < -0.3 is 4.74 Å². The fourth-order valence-electron chi connectivity index (χ4n) is 1.88. The second-order valence-corrected chi connectivity index (χ2v) is 7.23. The van der Waals surface area contributed by atoms with Crippen molar-refractivity contribution in [1.82, 2.24) is 4.98 Å². The molecule has 0 spiro atoms. The van der Waals surface area contributed by atoms with Gasteiger partial charge in [-0.05, 0) is 37.1 Å². The summed E-state index contributed by atoms with van der Waals surface area (Å²) in [6.07, 6.45) is 3.45. The van der Waals surface area contributed by atoms with Gasteiger partial charge in [0, 0.05) is 16.1 Å². The number of nitrogens with zero attached hydrogens (tertiary/aromatic N) is 1. The summed E-state index contributed by atoms with van der Waals surface area (Å²) >= 11 is 5.88. The fourth-order valence-corrected chi connectivity index (χ4v) is 3.09. The number of unbranched alkanes of at least 4 members (excludes halogenated alkanes) is 1. The van der Waals surface area contributed by atoms with Crippen LogP contribution in [0.1, 0.15) is 12.8 Å². The number of aromatic nitrogens is 1. The Kier molecular flexibility index (Phi) is 5.08. The highest BCUT2D eigenvalue weighted by Crippen LogP contribution is 2.32. The van der Waals surface area contributed by atoms with Crippen LogP contribution in [-0.4, -0.2) is 20.0 Å². The predicted molar refractivity (Wildman–Crippen MR) is 84.7 cm³/mol. The van der Waals surface area contributed by atoms with E-state index in [0.717, 1.165) is 12.8 Å². The first-order valence-corrected chi connectivity index (χ1v) is 8.90. The Bertz CT molecular complexity index is 775. The minimum absolute atomic E-state index is 0.0122. The van der Waals surface area contributed by atoms with E-state index in [1.54, 1.807) is 12.1 Å². The molecule has 0 aliphatic rings. The van der Waals surface area contributed by atoms with Crippen molar-refractivity contribution in [1.29, 1.82) is 0 Å². The highest BCUT2D eigenvalue weighted by Gasteiger charge is 2.17. The van der Waals surface area contributed by atoms with E-state index in [1.807, 2.05) is 0 Å². The van der Waals surface area contributed by atoms with Gasteiger partial charge in [0.05, 0.1) is 11.5 Å². The summed E-state index contributed by atoms with van der Waals surface area (Å²) in [5, 5.41) is 0.637. The molecule has 1 aromatic heterocycles. The summed E-state index contributed by atoms with van der Waals surface area (Å²) in [5.74, 6) is 0.473. The number of hydrogen-bond acceptors (Lipinski definition) is 4. The van der Waals surface area contributed by atoms with Crippen LogP contribution in [-0.2, 0) is 9.05 Å². The van der Waals surface area contributed by atoms with E-state index in [4.69, 9.17) is 27.0 Å². The number of fused-ring (bicyclic) bond motifs is 1. The molecule has 21 heavy (non-hydrogen) atoms. The normalized spacial score (nSPS) is 11.5. The Balaban J connectivity index is 2.48. The van der Waals surface area contributed by atoms with Gasteiger partial charge in [-0.25, -0.2) is 13.4 Å². The molecule has 0 atom stereocenters. The maximum absolute atomic E-state index is 11.6. The van der Waals surface area contributed by atoms with E-state index in [-0.39, 0.29) is 10.0 Å². The average molecular weight is 346 g/mol. The van der Waals surface area contributed by atoms with E-state index in [0.29, 0.717) is 23.3 Å². The summed E-state index contributed by atoms with van der Waals surface area (Å²) in [5.41, 5.74) is 0.378. The second-order valence-electron chi connectivity index (χ2n) is 4.31. The first-order chi connectivity index (χ1) is 9.93. The van der Waals surface area contributed by atoms with Crippen LogP contribution in [0.4, 0.5) is 0 Å². The van der Waals surface area contributed by atoms with Crippen LogP contribution in [0.15, 0.2) is 41.8 Å². The highest BCUT2D eigenvalue weighted by atomic mass is 35.7. The highest BCUT2D eigenvalue weighted by molar-refractivity contribution is 8.14. The van der Waals surface area contributed by atoms with E-state index in [1.165, 1.54) is 18.2 Å². The summed E-state index contributed by atoms with van der Waals surface area (Å²) in [7, 11) is 1.57. The minimum atomic E-state index is -3.87. The number of rotatable bonds is 6. The monoisotopic (exact) mass is 345 g/mol. The minimum Gasteiger partial charge on any atom is -0.491 e. The molecule has 0 N–H and O–H groups in total. The fraction of sp³-hybridized carbons (Fsp3) is 0.214. The van der Waals surface area contributed by atoms with Gasteiger partial charge in [-0.15, -0.1) is 6.58 Å². The standard InChI is InChI=1S/C14H13Cl2NO3S/c1-2-3-4-9-20-11-6-7-12(21(16,18)19)10-5-8-13(15)17-14(10)11/h2,5-8H,1,3-4,9H2. The lowest BCUT2D eigenvalue weighted by Gasteiger charge is -2.10. The number of benzene rings is 1. The Hall–Kier alpha value is -1.30. The number of allylic oxidation sites excluding steroid dienone is 1. The van der Waals surface area contributed by atoms with Crippen molar-refractivity contribution in [2.75, 3.05) is 6.61 Å². The third-order valence-corrected chi connectivity index (χ3v) is 4.41. The summed E-state index contributed by atoms with van der Waals surface area (Å²) in [4.78, 5) is 4.13. The maximum atomic E-state index is 11.6. The van der Waals surface area contributed by atoms with Crippen LogP contribution >= 0.6 is 22.3 Å². The number of ether oxygens (including phenoxy) is 1. The summed E-state index contributed by atoms with van der Waals surface area (Å²) in [6.45, 7) is 4.11. The molecule has 0 unspecified atom stereocenters. The topological polar surface area (TPSA) is 56.3 Å². The molecular weight excluding hydrogens is 333 g/mol. The van der Waals surface area contributed by atoms with Crippen LogP contribution in [0.25, 0.3) is 10.9 Å². The third kappa shape index (κ3) is 3.87. The van der Waals surface area contributed by atoms with E-state index in [2.05, 4.69) is 11.6 Å². The van der Waals surface area contributed by atoms with Crippen molar-refractivity contribution < 1.29 is 13.2 Å². The number of pyridine rings is 1. The zero-order valence-electron chi connectivity index (χ0n) is 11.1. The molecule has 0 bridgehead atoms. The zero-order valence-corrected chi connectivity index (χ0v) is 13.4. The van der Waals surface area contributed by atoms with E-state index in [9.17, 15) is 8.42 Å². The first-order valence-electron chi connectivity index (χ1n) is 6.21. The smallest absolute Gasteiger partial charge is 0.261 e. The van der Waals surface area contributed by atoms with Crippen LogP contribution in [0.2, 0.25) is 5.15 Å². The van der Waals surface area contributed by atoms with Gasteiger partial charge in [-0.2, -0.15) is 0 Å². The van der Waals surface area contributed by atoms with Crippen molar-refractivity contribution in [3.63, 3.8) is 0 Å². The van der Waals surface area contributed by atoms with Crippen molar-refractivity contribution in [3.05, 3.63) is 42.1 Å². The van der Waals surface area contributed by atoms with Gasteiger partial charge in [-0.3, -0.25) is 0 Å². The summed E-state index contributed by atoms with van der Waals surface area (Å²) < 4.78 is 28.8. The van der Waals surface area contributed by atoms with Crippen LogP contribution in [0.5, 0.6) is 5.75 Å². The van der Waals surface area contributed by atoms with E-state index < -0.39 is 9.05 Å². The largest absolute Gasteiger partial charge is 0.491 e. The Labute approximate surface area is 132 Å². The van der Waals surface area contributed by atoms with Crippen molar-refractivity contribution in [2.24, 2.45) is 0 Å². The zero-order chi connectivity index (χ0) is 15.5. The van der Waals surface area contributed by atoms with Crippen molar-refractivity contribution >= 4 is 42.2 Å². The Morgan fingerprint density at radius 3 is 2.71 bits per heavy atom. The van der Waals surface area contributed by atoms with Crippen molar-refractivity contribution in [2.45, 2.75) is 17.7 Å². The Morgan fingerprint density at radius 1 is 1.29 bits per heavy atom. The lowest BCUT2D eigenvalue weighted by Crippen LogP contribution is -2.00. The predicted octanol–water partition coefficient (Wildman–Crippen LogP) is 4.16. The van der Waals surface area contributed by atoms with Gasteiger partial charge in [0.1, 0.15) is 16.4 Å². The third-order valence-electron chi connectivity index (χ3n) is 2.82. The van der Waals surface area contributed by atoms with Gasteiger partial charge in [0.15, 0.2) is 0 Å². The van der Waals surface area contributed by atoms with E-state index >= 15 is 0 Å². The van der Waals surface area contributed by atoms with Crippen molar-refractivity contribution in [3.8, 4) is 5.75 Å².